The van der Waals surface area contributed by atoms with Gasteiger partial charge in [0, 0.05) is 11.9 Å². The maximum atomic E-state index is 13.2. The van der Waals surface area contributed by atoms with Crippen molar-refractivity contribution in [3.05, 3.63) is 93.8 Å². The molecule has 4 rings (SSSR count). The van der Waals surface area contributed by atoms with Crippen molar-refractivity contribution >= 4 is 27.3 Å². The Balaban J connectivity index is 1.54. The van der Waals surface area contributed by atoms with Gasteiger partial charge in [-0.3, -0.25) is 9.48 Å². The molecule has 1 aromatic carbocycles. The molecule has 1 N–H and O–H groups in total. The van der Waals surface area contributed by atoms with Gasteiger partial charge in [-0.05, 0) is 43.0 Å². The minimum atomic E-state index is -3.83. The Morgan fingerprint density at radius 2 is 1.91 bits per heavy atom. The average molecular weight is 499 g/mol. The van der Waals surface area contributed by atoms with Crippen molar-refractivity contribution in [2.75, 3.05) is 7.05 Å². The summed E-state index contributed by atoms with van der Waals surface area (Å²) in [5.74, 6) is 0.273. The van der Waals surface area contributed by atoms with Gasteiger partial charge >= 0.3 is 0 Å². The molecule has 0 aliphatic carbocycles. The summed E-state index contributed by atoms with van der Waals surface area (Å²) in [5.41, 5.74) is 1.72. The molecule has 0 saturated heterocycles. The molecule has 0 aliphatic rings. The van der Waals surface area contributed by atoms with E-state index in [9.17, 15) is 13.2 Å². The zero-order chi connectivity index (χ0) is 24.3. The van der Waals surface area contributed by atoms with Gasteiger partial charge in [0.25, 0.3) is 0 Å². The SMILES string of the molecule is Cc1nn(CC(=O)NC(c2ccccc2)c2cccs2)c(C)c1S(=O)(=O)N(C)Cc1ccco1. The number of hydrogen-bond acceptors (Lipinski definition) is 6. The molecule has 0 fully saturated rings. The van der Waals surface area contributed by atoms with E-state index < -0.39 is 10.0 Å². The number of amides is 1. The Bertz CT molecular complexity index is 1350. The van der Waals surface area contributed by atoms with E-state index in [0.29, 0.717) is 17.1 Å². The van der Waals surface area contributed by atoms with Gasteiger partial charge in [-0.2, -0.15) is 9.40 Å². The van der Waals surface area contributed by atoms with Gasteiger partial charge in [-0.25, -0.2) is 8.42 Å². The summed E-state index contributed by atoms with van der Waals surface area (Å²) < 4.78 is 34.4. The number of aromatic nitrogens is 2. The number of sulfonamides is 1. The molecule has 1 atom stereocenters. The molecule has 8 nitrogen and oxygen atoms in total. The van der Waals surface area contributed by atoms with Crippen LogP contribution in [-0.2, 0) is 27.9 Å². The zero-order valence-electron chi connectivity index (χ0n) is 19.1. The number of thiophene rings is 1. The van der Waals surface area contributed by atoms with Crippen molar-refractivity contribution in [3.8, 4) is 0 Å². The summed E-state index contributed by atoms with van der Waals surface area (Å²) in [6.07, 6.45) is 1.50. The Morgan fingerprint density at radius 1 is 1.15 bits per heavy atom. The van der Waals surface area contributed by atoms with Gasteiger partial charge in [-0.1, -0.05) is 36.4 Å². The first kappa shape index (κ1) is 23.9. The quantitative estimate of drug-likeness (QED) is 0.378. The van der Waals surface area contributed by atoms with E-state index in [-0.39, 0.29) is 29.9 Å². The third-order valence-corrected chi connectivity index (χ3v) is 8.49. The molecule has 0 saturated carbocycles. The van der Waals surface area contributed by atoms with Crippen molar-refractivity contribution in [1.29, 1.82) is 0 Å². The van der Waals surface area contributed by atoms with Gasteiger partial charge in [0.1, 0.15) is 17.2 Å². The van der Waals surface area contributed by atoms with Crippen molar-refractivity contribution < 1.29 is 17.6 Å². The molecule has 0 bridgehead atoms. The van der Waals surface area contributed by atoms with Gasteiger partial charge in [0.05, 0.1) is 30.2 Å². The van der Waals surface area contributed by atoms with E-state index in [1.165, 1.54) is 22.3 Å². The van der Waals surface area contributed by atoms with Crippen molar-refractivity contribution in [1.82, 2.24) is 19.4 Å². The van der Waals surface area contributed by atoms with E-state index in [4.69, 9.17) is 4.42 Å². The number of benzene rings is 1. The first-order valence-corrected chi connectivity index (χ1v) is 13.0. The highest BCUT2D eigenvalue weighted by Crippen LogP contribution is 2.27. The number of carbonyl (C=O) groups is 1. The molecular weight excluding hydrogens is 472 g/mol. The smallest absolute Gasteiger partial charge is 0.246 e. The molecule has 3 aromatic heterocycles. The molecule has 1 amide bonds. The number of hydrogen-bond donors (Lipinski definition) is 1. The second kappa shape index (κ2) is 9.96. The van der Waals surface area contributed by atoms with Crippen LogP contribution in [0.15, 0.2) is 75.6 Å². The maximum Gasteiger partial charge on any atom is 0.246 e. The monoisotopic (exact) mass is 498 g/mol. The van der Waals surface area contributed by atoms with Crippen LogP contribution in [0.1, 0.15) is 33.6 Å². The lowest BCUT2D eigenvalue weighted by Crippen LogP contribution is -2.32. The number of aryl methyl sites for hydroxylation is 1. The van der Waals surface area contributed by atoms with Crippen LogP contribution < -0.4 is 5.32 Å². The van der Waals surface area contributed by atoms with Gasteiger partial charge in [0.15, 0.2) is 0 Å². The summed E-state index contributed by atoms with van der Waals surface area (Å²) in [6.45, 7) is 3.29. The fourth-order valence-electron chi connectivity index (χ4n) is 3.83. The summed E-state index contributed by atoms with van der Waals surface area (Å²) in [4.78, 5) is 14.1. The third kappa shape index (κ3) is 4.98. The number of furan rings is 1. The van der Waals surface area contributed by atoms with Crippen molar-refractivity contribution in [2.24, 2.45) is 0 Å². The van der Waals surface area contributed by atoms with E-state index in [0.717, 1.165) is 10.4 Å². The van der Waals surface area contributed by atoms with Crippen LogP contribution in [0.25, 0.3) is 0 Å². The standard InChI is InChI=1S/C24H26N4O4S2/c1-17-24(34(30,31)27(3)15-20-11-7-13-32-20)18(2)28(26-17)16-22(29)25-23(21-12-8-14-33-21)19-9-5-4-6-10-19/h4-14,23H,15-16H2,1-3H3,(H,25,29). The minimum absolute atomic E-state index is 0.0967. The summed E-state index contributed by atoms with van der Waals surface area (Å²) in [6, 6.07) is 16.8. The molecule has 1 unspecified atom stereocenters. The topological polar surface area (TPSA) is 97.4 Å². The Kier molecular flexibility index (Phi) is 7.01. The molecule has 3 heterocycles. The lowest BCUT2D eigenvalue weighted by atomic mass is 10.1. The van der Waals surface area contributed by atoms with Crippen LogP contribution in [-0.4, -0.2) is 35.5 Å². The highest BCUT2D eigenvalue weighted by Gasteiger charge is 2.30. The molecule has 0 radical (unpaired) electrons. The minimum Gasteiger partial charge on any atom is -0.468 e. The van der Waals surface area contributed by atoms with E-state index in [1.807, 2.05) is 47.8 Å². The van der Waals surface area contributed by atoms with E-state index in [1.54, 1.807) is 37.3 Å². The average Bonchev–Trinajstić information content (AvgIpc) is 3.56. The Hall–Kier alpha value is -3.21. The lowest BCUT2D eigenvalue weighted by Gasteiger charge is -2.18. The fourth-order valence-corrected chi connectivity index (χ4v) is 6.14. The van der Waals surface area contributed by atoms with Gasteiger partial charge in [0.2, 0.25) is 15.9 Å². The summed E-state index contributed by atoms with van der Waals surface area (Å²) in [7, 11) is -2.34. The predicted molar refractivity (Wildman–Crippen MR) is 130 cm³/mol. The predicted octanol–water partition coefficient (Wildman–Crippen LogP) is 3.88. The van der Waals surface area contributed by atoms with Gasteiger partial charge in [-0.15, -0.1) is 11.3 Å². The van der Waals surface area contributed by atoms with Crippen LogP contribution in [0.5, 0.6) is 0 Å². The molecule has 10 heteroatoms. The molecule has 178 valence electrons. The number of rotatable bonds is 9. The molecular formula is C24H26N4O4S2. The summed E-state index contributed by atoms with van der Waals surface area (Å²) in [5, 5.41) is 9.40. The normalized spacial score (nSPS) is 12.7. The number of carbonyl (C=O) groups excluding carboxylic acids is 1. The Labute approximate surface area is 202 Å². The largest absolute Gasteiger partial charge is 0.468 e. The molecule has 4 aromatic rings. The summed E-state index contributed by atoms with van der Waals surface area (Å²) >= 11 is 1.56. The van der Waals surface area contributed by atoms with E-state index >= 15 is 0 Å². The second-order valence-electron chi connectivity index (χ2n) is 7.92. The van der Waals surface area contributed by atoms with Crippen LogP contribution in [0.3, 0.4) is 0 Å². The zero-order valence-corrected chi connectivity index (χ0v) is 20.8. The van der Waals surface area contributed by atoms with Crippen LogP contribution >= 0.6 is 11.3 Å². The highest BCUT2D eigenvalue weighted by atomic mass is 32.2. The first-order valence-electron chi connectivity index (χ1n) is 10.7. The second-order valence-corrected chi connectivity index (χ2v) is 10.9. The number of nitrogens with zero attached hydrogens (tertiary/aromatic N) is 3. The van der Waals surface area contributed by atoms with Crippen LogP contribution in [0.2, 0.25) is 0 Å². The number of nitrogens with one attached hydrogen (secondary N) is 1. The first-order chi connectivity index (χ1) is 16.3. The van der Waals surface area contributed by atoms with Crippen molar-refractivity contribution in [2.45, 2.75) is 37.9 Å². The molecule has 0 aliphatic heterocycles. The lowest BCUT2D eigenvalue weighted by molar-refractivity contribution is -0.122. The fraction of sp³-hybridized carbons (Fsp3) is 0.250. The van der Waals surface area contributed by atoms with E-state index in [2.05, 4.69) is 10.4 Å². The molecule has 0 spiro atoms. The Morgan fingerprint density at radius 3 is 2.56 bits per heavy atom. The molecule has 34 heavy (non-hydrogen) atoms. The van der Waals surface area contributed by atoms with Crippen LogP contribution in [0, 0.1) is 13.8 Å². The van der Waals surface area contributed by atoms with Crippen molar-refractivity contribution in [3.63, 3.8) is 0 Å². The van der Waals surface area contributed by atoms with Crippen LogP contribution in [0.4, 0.5) is 0 Å². The third-order valence-electron chi connectivity index (χ3n) is 5.50. The highest BCUT2D eigenvalue weighted by molar-refractivity contribution is 7.89. The van der Waals surface area contributed by atoms with Gasteiger partial charge < -0.3 is 9.73 Å². The maximum absolute atomic E-state index is 13.2.